The van der Waals surface area contributed by atoms with E-state index in [-0.39, 0.29) is 24.6 Å². The summed E-state index contributed by atoms with van der Waals surface area (Å²) >= 11 is 0. The Hall–Kier alpha value is -3.48. The van der Waals surface area contributed by atoms with Gasteiger partial charge in [-0.1, -0.05) is 17.7 Å². The first-order valence-corrected chi connectivity index (χ1v) is 9.31. The van der Waals surface area contributed by atoms with Gasteiger partial charge in [-0.15, -0.1) is 0 Å². The number of nitrogens with one attached hydrogen (secondary N) is 2. The number of benzene rings is 2. The Morgan fingerprint density at radius 3 is 1.66 bits per heavy atom. The van der Waals surface area contributed by atoms with Gasteiger partial charge >= 0.3 is 11.9 Å². The fraction of sp³-hybridized carbons (Fsp3) is 0.273. The van der Waals surface area contributed by atoms with Crippen molar-refractivity contribution in [2.75, 3.05) is 31.0 Å². The van der Waals surface area contributed by atoms with Gasteiger partial charge in [-0.3, -0.25) is 0 Å². The topological polar surface area (TPSA) is 85.9 Å². The van der Waals surface area contributed by atoms with Gasteiger partial charge in [0.15, 0.2) is 5.57 Å². The van der Waals surface area contributed by atoms with Crippen LogP contribution in [-0.2, 0) is 19.1 Å². The number of carbonyl (C=O) groups excluding carboxylic acids is 2. The lowest BCUT2D eigenvalue weighted by molar-refractivity contribution is -0.146. The molecule has 29 heavy (non-hydrogen) atoms. The molecule has 0 amide bonds. The van der Waals surface area contributed by atoms with Crippen LogP contribution in [0.1, 0.15) is 19.4 Å². The van der Waals surface area contributed by atoms with Crippen molar-refractivity contribution in [3.05, 3.63) is 65.5 Å². The van der Waals surface area contributed by atoms with Crippen molar-refractivity contribution in [2.45, 2.75) is 20.8 Å². The van der Waals surface area contributed by atoms with Crippen molar-refractivity contribution in [3.63, 3.8) is 0 Å². The Morgan fingerprint density at radius 1 is 0.793 bits per heavy atom. The van der Waals surface area contributed by atoms with Gasteiger partial charge in [0.2, 0.25) is 0 Å². The van der Waals surface area contributed by atoms with Gasteiger partial charge in [0.05, 0.1) is 20.3 Å². The maximum atomic E-state index is 12.6. The highest BCUT2D eigenvalue weighted by Gasteiger charge is 2.27. The molecule has 2 rings (SSSR count). The molecule has 0 aliphatic heterocycles. The zero-order valence-electron chi connectivity index (χ0n) is 17.1. The van der Waals surface area contributed by atoms with Crippen LogP contribution in [0, 0.1) is 6.92 Å². The van der Waals surface area contributed by atoms with E-state index in [0.29, 0.717) is 17.1 Å². The van der Waals surface area contributed by atoms with Gasteiger partial charge < -0.3 is 24.8 Å². The number of anilines is 2. The van der Waals surface area contributed by atoms with E-state index < -0.39 is 11.9 Å². The average molecular weight is 398 g/mol. The first-order valence-electron chi connectivity index (χ1n) is 9.31. The second-order valence-electron chi connectivity index (χ2n) is 6.04. The summed E-state index contributed by atoms with van der Waals surface area (Å²) in [6, 6.07) is 14.6. The zero-order valence-corrected chi connectivity index (χ0v) is 17.1. The second-order valence-corrected chi connectivity index (χ2v) is 6.04. The number of ether oxygens (including phenoxy) is 3. The second kappa shape index (κ2) is 10.8. The monoisotopic (exact) mass is 398 g/mol. The number of rotatable bonds is 9. The number of methoxy groups -OCH3 is 1. The van der Waals surface area contributed by atoms with Crippen LogP contribution in [0.3, 0.4) is 0 Å². The molecule has 0 unspecified atom stereocenters. The lowest BCUT2D eigenvalue weighted by atomic mass is 10.2. The normalized spacial score (nSPS) is 9.93. The fourth-order valence-corrected chi connectivity index (χ4v) is 2.45. The van der Waals surface area contributed by atoms with E-state index in [1.165, 1.54) is 0 Å². The number of carbonyl (C=O) groups is 2. The van der Waals surface area contributed by atoms with Crippen LogP contribution in [0.5, 0.6) is 5.75 Å². The van der Waals surface area contributed by atoms with Gasteiger partial charge in [-0.05, 0) is 57.2 Å². The molecule has 0 fully saturated rings. The predicted molar refractivity (Wildman–Crippen MR) is 112 cm³/mol. The maximum absolute atomic E-state index is 12.6. The molecule has 7 heteroatoms. The van der Waals surface area contributed by atoms with Crippen LogP contribution in [-0.4, -0.2) is 32.3 Å². The van der Waals surface area contributed by atoms with Crippen molar-refractivity contribution >= 4 is 23.3 Å². The lowest BCUT2D eigenvalue weighted by Gasteiger charge is -2.18. The summed E-state index contributed by atoms with van der Waals surface area (Å²) in [5.41, 5.74) is 2.18. The van der Waals surface area contributed by atoms with Gasteiger partial charge in [0.1, 0.15) is 11.6 Å². The minimum absolute atomic E-state index is 0.127. The summed E-state index contributed by atoms with van der Waals surface area (Å²) in [7, 11) is 1.58. The highest BCUT2D eigenvalue weighted by Crippen LogP contribution is 2.21. The number of esters is 2. The number of hydrogen-bond donors (Lipinski definition) is 2. The van der Waals surface area contributed by atoms with E-state index in [2.05, 4.69) is 10.6 Å². The third-order valence-corrected chi connectivity index (χ3v) is 3.89. The van der Waals surface area contributed by atoms with Crippen LogP contribution >= 0.6 is 0 Å². The minimum Gasteiger partial charge on any atom is -0.497 e. The van der Waals surface area contributed by atoms with Crippen LogP contribution in [0.25, 0.3) is 0 Å². The Balaban J connectivity index is 2.49. The van der Waals surface area contributed by atoms with Crippen LogP contribution in [0.4, 0.5) is 11.4 Å². The molecule has 0 atom stereocenters. The SMILES string of the molecule is CCOC(=O)C(C(=O)OCC)=C(Nc1ccc(C)cc1)Nc1ccc(OC)cc1. The molecule has 7 nitrogen and oxygen atoms in total. The highest BCUT2D eigenvalue weighted by molar-refractivity contribution is 6.15. The molecule has 0 bridgehead atoms. The van der Waals surface area contributed by atoms with Gasteiger partial charge in [-0.25, -0.2) is 9.59 Å². The molecule has 0 heterocycles. The lowest BCUT2D eigenvalue weighted by Crippen LogP contribution is -2.26. The molecule has 0 radical (unpaired) electrons. The summed E-state index contributed by atoms with van der Waals surface area (Å²) in [6.07, 6.45) is 0. The summed E-state index contributed by atoms with van der Waals surface area (Å²) in [5.74, 6) is -0.706. The number of hydrogen-bond acceptors (Lipinski definition) is 7. The Labute approximate surface area is 170 Å². The van der Waals surface area contributed by atoms with Crippen molar-refractivity contribution in [1.29, 1.82) is 0 Å². The summed E-state index contributed by atoms with van der Waals surface area (Å²) in [5, 5.41) is 6.18. The molecule has 0 saturated heterocycles. The molecular formula is C22H26N2O5. The predicted octanol–water partition coefficient (Wildman–Crippen LogP) is 3.87. The molecule has 2 aromatic rings. The minimum atomic E-state index is -0.776. The fourth-order valence-electron chi connectivity index (χ4n) is 2.45. The van der Waals surface area contributed by atoms with Gasteiger partial charge in [-0.2, -0.15) is 0 Å². The molecule has 2 N–H and O–H groups in total. The largest absolute Gasteiger partial charge is 0.497 e. The van der Waals surface area contributed by atoms with E-state index in [1.54, 1.807) is 45.2 Å². The number of aryl methyl sites for hydroxylation is 1. The van der Waals surface area contributed by atoms with Crippen LogP contribution in [0.15, 0.2) is 59.9 Å². The Kier molecular flexibility index (Phi) is 8.09. The summed E-state index contributed by atoms with van der Waals surface area (Å²) in [4.78, 5) is 25.1. The summed E-state index contributed by atoms with van der Waals surface area (Å²) < 4.78 is 15.3. The molecule has 0 saturated carbocycles. The van der Waals surface area contributed by atoms with E-state index in [4.69, 9.17) is 14.2 Å². The van der Waals surface area contributed by atoms with Crippen molar-refractivity contribution in [1.82, 2.24) is 0 Å². The first-order chi connectivity index (χ1) is 14.0. The van der Waals surface area contributed by atoms with Crippen molar-refractivity contribution < 1.29 is 23.8 Å². The van der Waals surface area contributed by atoms with Crippen molar-refractivity contribution in [3.8, 4) is 5.75 Å². The molecular weight excluding hydrogens is 372 g/mol. The van der Waals surface area contributed by atoms with Crippen molar-refractivity contribution in [2.24, 2.45) is 0 Å². The Morgan fingerprint density at radius 2 is 1.24 bits per heavy atom. The maximum Gasteiger partial charge on any atom is 0.349 e. The quantitative estimate of drug-likeness (QED) is 0.287. The first kappa shape index (κ1) is 21.8. The smallest absolute Gasteiger partial charge is 0.349 e. The molecule has 154 valence electrons. The standard InChI is InChI=1S/C22H26N2O5/c1-5-28-21(25)19(22(26)29-6-2)20(23-16-9-7-15(3)8-10-16)24-17-11-13-18(27-4)14-12-17/h7-14,23-24H,5-6H2,1-4H3. The van der Waals surface area contributed by atoms with Gasteiger partial charge in [0.25, 0.3) is 0 Å². The molecule has 0 aliphatic carbocycles. The zero-order chi connectivity index (χ0) is 21.2. The molecule has 0 aliphatic rings. The average Bonchev–Trinajstić information content (AvgIpc) is 2.71. The molecule has 0 spiro atoms. The van der Waals surface area contributed by atoms with Crippen LogP contribution < -0.4 is 15.4 Å². The van der Waals surface area contributed by atoms with E-state index in [9.17, 15) is 9.59 Å². The summed E-state index contributed by atoms with van der Waals surface area (Å²) in [6.45, 7) is 5.57. The van der Waals surface area contributed by atoms with E-state index in [1.807, 2.05) is 31.2 Å². The van der Waals surface area contributed by atoms with Gasteiger partial charge in [0, 0.05) is 11.4 Å². The molecule has 2 aromatic carbocycles. The van der Waals surface area contributed by atoms with E-state index in [0.717, 1.165) is 5.56 Å². The third-order valence-electron chi connectivity index (χ3n) is 3.89. The third kappa shape index (κ3) is 6.27. The Bertz CT molecular complexity index is 838. The highest BCUT2D eigenvalue weighted by atomic mass is 16.6. The van der Waals surface area contributed by atoms with E-state index >= 15 is 0 Å². The van der Waals surface area contributed by atoms with Crippen LogP contribution in [0.2, 0.25) is 0 Å². The molecule has 0 aromatic heterocycles.